The second kappa shape index (κ2) is 7.93. The van der Waals surface area contributed by atoms with Gasteiger partial charge in [-0.25, -0.2) is 10.2 Å². The fourth-order valence-corrected chi connectivity index (χ4v) is 2.01. The monoisotopic (exact) mass is 348 g/mol. The van der Waals surface area contributed by atoms with Gasteiger partial charge in [0.15, 0.2) is 0 Å². The molecule has 9 heteroatoms. The number of nitro benzene ring substituents is 1. The molecule has 0 atom stereocenters. The Morgan fingerprint density at radius 2 is 1.79 bits per heavy atom. The first-order chi connectivity index (χ1) is 11.4. The highest BCUT2D eigenvalue weighted by atomic mass is 35.5. The van der Waals surface area contributed by atoms with E-state index in [4.69, 9.17) is 11.6 Å². The quantitative estimate of drug-likeness (QED) is 0.582. The van der Waals surface area contributed by atoms with Gasteiger partial charge in [-0.1, -0.05) is 29.8 Å². The molecule has 8 nitrogen and oxygen atoms in total. The van der Waals surface area contributed by atoms with Crippen molar-refractivity contribution in [2.45, 2.75) is 6.42 Å². The number of hydrogen-bond donors (Lipinski definition) is 3. The molecule has 0 fully saturated rings. The van der Waals surface area contributed by atoms with E-state index >= 15 is 0 Å². The summed E-state index contributed by atoms with van der Waals surface area (Å²) in [7, 11) is 0. The van der Waals surface area contributed by atoms with Crippen molar-refractivity contribution in [3.05, 3.63) is 69.2 Å². The first-order valence-electron chi connectivity index (χ1n) is 6.79. The van der Waals surface area contributed by atoms with Gasteiger partial charge in [-0.2, -0.15) is 0 Å². The highest BCUT2D eigenvalue weighted by molar-refractivity contribution is 6.30. The SMILES string of the molecule is O=C(Cc1ccc([N+](=O)[O-])cc1)NNC(=O)Nc1cccc(Cl)c1. The molecule has 0 unspecified atom stereocenters. The van der Waals surface area contributed by atoms with E-state index in [0.717, 1.165) is 0 Å². The van der Waals surface area contributed by atoms with Crippen LogP contribution in [-0.4, -0.2) is 16.9 Å². The number of amides is 3. The van der Waals surface area contributed by atoms with E-state index in [1.165, 1.54) is 24.3 Å². The molecule has 24 heavy (non-hydrogen) atoms. The molecule has 2 rings (SSSR count). The molecule has 2 aromatic carbocycles. The normalized spacial score (nSPS) is 9.88. The third-order valence-electron chi connectivity index (χ3n) is 2.91. The van der Waals surface area contributed by atoms with E-state index in [2.05, 4.69) is 16.2 Å². The minimum absolute atomic E-state index is 0.0323. The summed E-state index contributed by atoms with van der Waals surface area (Å²) >= 11 is 5.79. The van der Waals surface area contributed by atoms with Gasteiger partial charge in [-0.15, -0.1) is 0 Å². The highest BCUT2D eigenvalue weighted by Gasteiger charge is 2.08. The Kier molecular flexibility index (Phi) is 5.69. The summed E-state index contributed by atoms with van der Waals surface area (Å²) in [6.45, 7) is 0. The third-order valence-corrected chi connectivity index (χ3v) is 3.14. The Morgan fingerprint density at radius 3 is 2.42 bits per heavy atom. The van der Waals surface area contributed by atoms with Crippen molar-refractivity contribution in [3.8, 4) is 0 Å². The summed E-state index contributed by atoms with van der Waals surface area (Å²) in [4.78, 5) is 33.4. The molecule has 0 aliphatic rings. The van der Waals surface area contributed by atoms with E-state index in [-0.39, 0.29) is 12.1 Å². The largest absolute Gasteiger partial charge is 0.337 e. The number of benzene rings is 2. The average molecular weight is 349 g/mol. The lowest BCUT2D eigenvalue weighted by Crippen LogP contribution is -2.44. The molecule has 3 N–H and O–H groups in total. The topological polar surface area (TPSA) is 113 Å². The molecule has 0 aromatic heterocycles. The van der Waals surface area contributed by atoms with Gasteiger partial charge in [0.2, 0.25) is 5.91 Å². The molecule has 0 heterocycles. The van der Waals surface area contributed by atoms with Gasteiger partial charge in [-0.3, -0.25) is 20.3 Å². The van der Waals surface area contributed by atoms with E-state index in [1.54, 1.807) is 24.3 Å². The highest BCUT2D eigenvalue weighted by Crippen LogP contribution is 2.14. The van der Waals surface area contributed by atoms with Crippen LogP contribution < -0.4 is 16.2 Å². The smallest absolute Gasteiger partial charge is 0.307 e. The molecule has 0 aliphatic heterocycles. The lowest BCUT2D eigenvalue weighted by Gasteiger charge is -2.09. The number of carbonyl (C=O) groups is 2. The second-order valence-electron chi connectivity index (χ2n) is 4.74. The number of halogens is 1. The molecule has 3 amide bonds. The number of hydrazine groups is 1. The fourth-order valence-electron chi connectivity index (χ4n) is 1.82. The number of rotatable bonds is 4. The number of anilines is 1. The van der Waals surface area contributed by atoms with Crippen LogP contribution in [0.5, 0.6) is 0 Å². The van der Waals surface area contributed by atoms with Gasteiger partial charge in [-0.05, 0) is 23.8 Å². The Morgan fingerprint density at radius 1 is 1.08 bits per heavy atom. The minimum Gasteiger partial charge on any atom is -0.307 e. The van der Waals surface area contributed by atoms with Crippen LogP contribution >= 0.6 is 11.6 Å². The van der Waals surface area contributed by atoms with Crippen molar-refractivity contribution >= 4 is 34.9 Å². The first-order valence-corrected chi connectivity index (χ1v) is 7.16. The molecular weight excluding hydrogens is 336 g/mol. The summed E-state index contributed by atoms with van der Waals surface area (Å²) in [5, 5.41) is 13.5. The predicted molar refractivity (Wildman–Crippen MR) is 88.5 cm³/mol. The maximum Gasteiger partial charge on any atom is 0.337 e. The zero-order valence-corrected chi connectivity index (χ0v) is 13.0. The Hall–Kier alpha value is -3.13. The number of hydrogen-bond acceptors (Lipinski definition) is 4. The Balaban J connectivity index is 1.80. The van der Waals surface area contributed by atoms with E-state index < -0.39 is 16.9 Å². The van der Waals surface area contributed by atoms with E-state index in [0.29, 0.717) is 16.3 Å². The van der Waals surface area contributed by atoms with Crippen molar-refractivity contribution in [1.82, 2.24) is 10.9 Å². The summed E-state index contributed by atoms with van der Waals surface area (Å²) in [6.07, 6.45) is -0.0323. The van der Waals surface area contributed by atoms with Gasteiger partial charge >= 0.3 is 6.03 Å². The van der Waals surface area contributed by atoms with Crippen molar-refractivity contribution < 1.29 is 14.5 Å². The van der Waals surface area contributed by atoms with Gasteiger partial charge in [0.05, 0.1) is 11.3 Å². The summed E-state index contributed by atoms with van der Waals surface area (Å²) < 4.78 is 0. The first kappa shape index (κ1) is 17.2. The Labute approximate surface area is 141 Å². The molecule has 0 saturated heterocycles. The van der Waals surface area contributed by atoms with Crippen LogP contribution in [0.2, 0.25) is 5.02 Å². The van der Waals surface area contributed by atoms with Gasteiger partial charge < -0.3 is 5.32 Å². The molecular formula is C15H13ClN4O4. The number of non-ortho nitro benzene ring substituents is 1. The summed E-state index contributed by atoms with van der Waals surface area (Å²) in [5.74, 6) is -0.468. The second-order valence-corrected chi connectivity index (χ2v) is 5.17. The van der Waals surface area contributed by atoms with Gasteiger partial charge in [0.1, 0.15) is 0 Å². The number of nitro groups is 1. The van der Waals surface area contributed by atoms with Crippen molar-refractivity contribution in [2.75, 3.05) is 5.32 Å². The molecule has 0 radical (unpaired) electrons. The zero-order chi connectivity index (χ0) is 17.5. The van der Waals surface area contributed by atoms with Crippen LogP contribution in [0.4, 0.5) is 16.2 Å². The lowest BCUT2D eigenvalue weighted by atomic mass is 10.1. The lowest BCUT2D eigenvalue weighted by molar-refractivity contribution is -0.384. The fraction of sp³-hybridized carbons (Fsp3) is 0.0667. The standard InChI is InChI=1S/C15H13ClN4O4/c16-11-2-1-3-12(9-11)17-15(22)19-18-14(21)8-10-4-6-13(7-5-10)20(23)24/h1-7,9H,8H2,(H,18,21)(H2,17,19,22). The maximum absolute atomic E-state index is 11.7. The van der Waals surface area contributed by atoms with Crippen LogP contribution in [0, 0.1) is 10.1 Å². The molecule has 0 spiro atoms. The molecule has 0 aliphatic carbocycles. The van der Waals surface area contributed by atoms with Gasteiger partial charge in [0, 0.05) is 22.8 Å². The number of carbonyl (C=O) groups excluding carboxylic acids is 2. The van der Waals surface area contributed by atoms with E-state index in [1.807, 2.05) is 0 Å². The van der Waals surface area contributed by atoms with Crippen molar-refractivity contribution in [2.24, 2.45) is 0 Å². The molecule has 0 bridgehead atoms. The molecule has 124 valence electrons. The third kappa shape index (κ3) is 5.25. The maximum atomic E-state index is 11.7. The van der Waals surface area contributed by atoms with Crippen LogP contribution in [0.1, 0.15) is 5.56 Å². The van der Waals surface area contributed by atoms with Crippen LogP contribution in [-0.2, 0) is 11.2 Å². The van der Waals surface area contributed by atoms with Crippen molar-refractivity contribution in [1.29, 1.82) is 0 Å². The molecule has 2 aromatic rings. The average Bonchev–Trinajstić information content (AvgIpc) is 2.53. The summed E-state index contributed by atoms with van der Waals surface area (Å²) in [6, 6.07) is 11.5. The van der Waals surface area contributed by atoms with Crippen molar-refractivity contribution in [3.63, 3.8) is 0 Å². The van der Waals surface area contributed by atoms with E-state index in [9.17, 15) is 19.7 Å². The number of urea groups is 1. The van der Waals surface area contributed by atoms with Crippen LogP contribution in [0.25, 0.3) is 0 Å². The zero-order valence-electron chi connectivity index (χ0n) is 12.3. The number of nitrogens with one attached hydrogen (secondary N) is 3. The predicted octanol–water partition coefficient (Wildman–Crippen LogP) is 2.64. The van der Waals surface area contributed by atoms with Crippen LogP contribution in [0.3, 0.4) is 0 Å². The Bertz CT molecular complexity index is 764. The molecule has 0 saturated carbocycles. The number of nitrogens with zero attached hydrogens (tertiary/aromatic N) is 1. The minimum atomic E-state index is -0.630. The van der Waals surface area contributed by atoms with Gasteiger partial charge in [0.25, 0.3) is 5.69 Å². The summed E-state index contributed by atoms with van der Waals surface area (Å²) in [5.41, 5.74) is 5.43. The van der Waals surface area contributed by atoms with Crippen LogP contribution in [0.15, 0.2) is 48.5 Å².